The van der Waals surface area contributed by atoms with Crippen molar-refractivity contribution in [2.75, 3.05) is 6.61 Å². The van der Waals surface area contributed by atoms with Crippen molar-refractivity contribution in [3.05, 3.63) is 30.1 Å². The smallest absolute Gasteiger partial charge is 0.275 e. The van der Waals surface area contributed by atoms with E-state index in [0.29, 0.717) is 12.5 Å². The van der Waals surface area contributed by atoms with Gasteiger partial charge < -0.3 is 4.74 Å². The number of carbonyl (C=O) groups is 1. The number of rotatable bonds is 4. The third kappa shape index (κ3) is 1.89. The summed E-state index contributed by atoms with van der Waals surface area (Å²) < 4.78 is 5.51. The molecule has 1 saturated carbocycles. The molecule has 1 N–H and O–H groups in total. The van der Waals surface area contributed by atoms with E-state index < -0.39 is 5.60 Å². The molecular formula is C13H16N2O3. The summed E-state index contributed by atoms with van der Waals surface area (Å²) in [5.41, 5.74) is 2.88. The molecule has 1 atom stereocenters. The third-order valence-corrected chi connectivity index (χ3v) is 3.75. The van der Waals surface area contributed by atoms with Gasteiger partial charge in [0, 0.05) is 12.4 Å². The highest BCUT2D eigenvalue weighted by atomic mass is 16.7. The maximum Gasteiger partial charge on any atom is 0.275 e. The first-order valence-corrected chi connectivity index (χ1v) is 6.20. The summed E-state index contributed by atoms with van der Waals surface area (Å²) >= 11 is 0. The highest BCUT2D eigenvalue weighted by Gasteiger charge is 2.57. The second kappa shape index (κ2) is 4.33. The van der Waals surface area contributed by atoms with E-state index in [0.717, 1.165) is 18.4 Å². The van der Waals surface area contributed by atoms with Crippen LogP contribution in [0.1, 0.15) is 31.4 Å². The minimum atomic E-state index is -0.609. The lowest BCUT2D eigenvalue weighted by Crippen LogP contribution is -2.51. The number of aromatic nitrogens is 1. The molecule has 3 fully saturated rings. The Morgan fingerprint density at radius 1 is 1.56 bits per heavy atom. The number of hydrogen-bond acceptors (Lipinski definition) is 4. The van der Waals surface area contributed by atoms with E-state index in [1.54, 1.807) is 12.4 Å². The molecule has 5 nitrogen and oxygen atoms in total. The maximum atomic E-state index is 12.0. The SMILES string of the molecule is C[C@H](ONC(=O)C12CC(CO1)C2)c1ccncc1. The van der Waals surface area contributed by atoms with Crippen molar-refractivity contribution in [1.82, 2.24) is 10.5 Å². The summed E-state index contributed by atoms with van der Waals surface area (Å²) in [4.78, 5) is 21.3. The maximum absolute atomic E-state index is 12.0. The van der Waals surface area contributed by atoms with Crippen LogP contribution in [-0.4, -0.2) is 23.1 Å². The fourth-order valence-electron chi connectivity index (χ4n) is 2.57. The van der Waals surface area contributed by atoms with Crippen LogP contribution in [0.15, 0.2) is 24.5 Å². The van der Waals surface area contributed by atoms with E-state index in [1.807, 2.05) is 19.1 Å². The fraction of sp³-hybridized carbons (Fsp3) is 0.538. The van der Waals surface area contributed by atoms with Gasteiger partial charge in [-0.3, -0.25) is 14.6 Å². The van der Waals surface area contributed by atoms with E-state index in [9.17, 15) is 4.79 Å². The molecule has 2 saturated heterocycles. The van der Waals surface area contributed by atoms with E-state index in [4.69, 9.17) is 9.57 Å². The summed E-state index contributed by atoms with van der Waals surface area (Å²) in [5.74, 6) is 0.408. The largest absolute Gasteiger partial charge is 0.365 e. The van der Waals surface area contributed by atoms with Crippen molar-refractivity contribution in [1.29, 1.82) is 0 Å². The van der Waals surface area contributed by atoms with Crippen LogP contribution in [0.25, 0.3) is 0 Å². The molecule has 1 amide bonds. The molecule has 2 bridgehead atoms. The molecular weight excluding hydrogens is 232 g/mol. The lowest BCUT2D eigenvalue weighted by molar-refractivity contribution is -0.160. The second-order valence-corrected chi connectivity index (χ2v) is 5.05. The molecule has 3 heterocycles. The van der Waals surface area contributed by atoms with Gasteiger partial charge in [-0.1, -0.05) is 0 Å². The first kappa shape index (κ1) is 11.6. The number of nitrogens with one attached hydrogen (secondary N) is 1. The normalized spacial score (nSPS) is 30.6. The Morgan fingerprint density at radius 2 is 2.28 bits per heavy atom. The van der Waals surface area contributed by atoms with Gasteiger partial charge in [0.25, 0.3) is 5.91 Å². The number of hydroxylamine groups is 1. The van der Waals surface area contributed by atoms with Gasteiger partial charge in [-0.15, -0.1) is 0 Å². The second-order valence-electron chi connectivity index (χ2n) is 5.05. The zero-order chi connectivity index (χ0) is 12.6. The predicted molar refractivity (Wildman–Crippen MR) is 63.3 cm³/mol. The highest BCUT2D eigenvalue weighted by Crippen LogP contribution is 2.48. The number of amides is 1. The van der Waals surface area contributed by atoms with Crippen molar-refractivity contribution < 1.29 is 14.4 Å². The molecule has 1 aromatic heterocycles. The summed E-state index contributed by atoms with van der Waals surface area (Å²) in [7, 11) is 0. The van der Waals surface area contributed by atoms with Crippen LogP contribution in [0.5, 0.6) is 0 Å². The van der Waals surface area contributed by atoms with Crippen LogP contribution in [0.4, 0.5) is 0 Å². The van der Waals surface area contributed by atoms with Gasteiger partial charge >= 0.3 is 0 Å². The summed E-state index contributed by atoms with van der Waals surface area (Å²) in [6, 6.07) is 3.72. The van der Waals surface area contributed by atoms with Crippen LogP contribution in [-0.2, 0) is 14.4 Å². The molecule has 3 aliphatic rings. The molecule has 96 valence electrons. The van der Waals surface area contributed by atoms with E-state index in [-0.39, 0.29) is 12.0 Å². The first-order chi connectivity index (χ1) is 8.70. The van der Waals surface area contributed by atoms with Crippen molar-refractivity contribution in [2.24, 2.45) is 5.92 Å². The molecule has 0 spiro atoms. The highest BCUT2D eigenvalue weighted by molar-refractivity contribution is 5.86. The Balaban J connectivity index is 1.54. The number of fused-ring (bicyclic) bond motifs is 1. The minimum absolute atomic E-state index is 0.155. The molecule has 5 heteroatoms. The number of nitrogens with zero attached hydrogens (tertiary/aromatic N) is 1. The average molecular weight is 248 g/mol. The van der Waals surface area contributed by atoms with Gasteiger partial charge in [-0.2, -0.15) is 0 Å². The summed E-state index contributed by atoms with van der Waals surface area (Å²) in [5, 5.41) is 0. The third-order valence-electron chi connectivity index (χ3n) is 3.75. The minimum Gasteiger partial charge on any atom is -0.365 e. The van der Waals surface area contributed by atoms with Crippen LogP contribution >= 0.6 is 0 Å². The topological polar surface area (TPSA) is 60.5 Å². The van der Waals surface area contributed by atoms with E-state index in [1.165, 1.54) is 0 Å². The summed E-state index contributed by atoms with van der Waals surface area (Å²) in [6.45, 7) is 2.58. The Labute approximate surface area is 105 Å². The van der Waals surface area contributed by atoms with E-state index >= 15 is 0 Å². The Hall–Kier alpha value is -1.46. The lowest BCUT2D eigenvalue weighted by Gasteiger charge is -2.34. The van der Waals surface area contributed by atoms with Gasteiger partial charge in [0.1, 0.15) is 11.7 Å². The Morgan fingerprint density at radius 3 is 2.89 bits per heavy atom. The van der Waals surface area contributed by atoms with E-state index in [2.05, 4.69) is 10.5 Å². The number of hydrogen-bond donors (Lipinski definition) is 1. The van der Waals surface area contributed by atoms with Crippen molar-refractivity contribution in [3.63, 3.8) is 0 Å². The van der Waals surface area contributed by atoms with Gasteiger partial charge in [0.15, 0.2) is 0 Å². The van der Waals surface area contributed by atoms with Crippen molar-refractivity contribution in [3.8, 4) is 0 Å². The molecule has 0 radical (unpaired) electrons. The van der Waals surface area contributed by atoms with Crippen molar-refractivity contribution in [2.45, 2.75) is 31.5 Å². The standard InChI is InChI=1S/C13H16N2O3/c1-9(11-2-4-14-5-3-11)18-15-12(16)13-6-10(7-13)8-17-13/h2-5,9-10H,6-8H2,1H3,(H,15,16)/t9-,10?,13?/m0/s1. The quantitative estimate of drug-likeness (QED) is 0.817. The molecule has 0 unspecified atom stereocenters. The fourth-order valence-corrected chi connectivity index (χ4v) is 2.57. The molecule has 0 aromatic carbocycles. The van der Waals surface area contributed by atoms with Crippen molar-refractivity contribution >= 4 is 5.91 Å². The zero-order valence-corrected chi connectivity index (χ0v) is 10.3. The van der Waals surface area contributed by atoms with Gasteiger partial charge in [0.05, 0.1) is 6.61 Å². The average Bonchev–Trinajstić information content (AvgIpc) is 2.97. The van der Waals surface area contributed by atoms with Crippen LogP contribution in [0.3, 0.4) is 0 Å². The molecule has 2 aliphatic heterocycles. The molecule has 1 aliphatic carbocycles. The Bertz CT molecular complexity index is 437. The molecule has 4 rings (SSSR count). The molecule has 18 heavy (non-hydrogen) atoms. The first-order valence-electron chi connectivity index (χ1n) is 6.20. The number of pyridine rings is 1. The van der Waals surface area contributed by atoms with Crippen LogP contribution in [0, 0.1) is 5.92 Å². The summed E-state index contributed by atoms with van der Waals surface area (Å²) in [6.07, 6.45) is 4.85. The number of carbonyl (C=O) groups excluding carboxylic acids is 1. The Kier molecular flexibility index (Phi) is 2.80. The monoisotopic (exact) mass is 248 g/mol. The number of ether oxygens (including phenoxy) is 1. The van der Waals surface area contributed by atoms with Crippen LogP contribution < -0.4 is 5.48 Å². The lowest BCUT2D eigenvalue weighted by atomic mass is 9.74. The van der Waals surface area contributed by atoms with Gasteiger partial charge in [-0.25, -0.2) is 5.48 Å². The predicted octanol–water partition coefficient (Wildman–Crippen LogP) is 1.37. The molecule has 1 aromatic rings. The van der Waals surface area contributed by atoms with Crippen LogP contribution in [0.2, 0.25) is 0 Å². The van der Waals surface area contributed by atoms with Gasteiger partial charge in [-0.05, 0) is 43.4 Å². The zero-order valence-electron chi connectivity index (χ0n) is 10.3. The van der Waals surface area contributed by atoms with Gasteiger partial charge in [0.2, 0.25) is 0 Å².